The van der Waals surface area contributed by atoms with E-state index in [1.54, 1.807) is 18.3 Å². The highest BCUT2D eigenvalue weighted by molar-refractivity contribution is 5.97. The lowest BCUT2D eigenvalue weighted by atomic mass is 10.2. The van der Waals surface area contributed by atoms with Crippen LogP contribution in [0.4, 0.5) is 11.5 Å². The van der Waals surface area contributed by atoms with Crippen molar-refractivity contribution in [3.05, 3.63) is 53.7 Å². The van der Waals surface area contributed by atoms with Crippen molar-refractivity contribution >= 4 is 17.3 Å². The first-order valence-corrected chi connectivity index (χ1v) is 5.86. The second-order valence-electron chi connectivity index (χ2n) is 4.28. The molecule has 5 heteroatoms. The van der Waals surface area contributed by atoms with Gasteiger partial charge in [-0.2, -0.15) is 0 Å². The second-order valence-corrected chi connectivity index (χ2v) is 4.28. The van der Waals surface area contributed by atoms with E-state index in [9.17, 15) is 0 Å². The highest BCUT2D eigenvalue weighted by atomic mass is 16.4. The molecule has 5 nitrogen and oxygen atoms in total. The van der Waals surface area contributed by atoms with Gasteiger partial charge in [-0.1, -0.05) is 5.16 Å². The summed E-state index contributed by atoms with van der Waals surface area (Å²) in [6, 6.07) is 11.4. The maximum absolute atomic E-state index is 8.62. The number of hydrogen-bond acceptors (Lipinski definition) is 4. The van der Waals surface area contributed by atoms with Crippen LogP contribution in [0.5, 0.6) is 0 Å². The Balaban J connectivity index is 2.27. The molecule has 2 aromatic rings. The van der Waals surface area contributed by atoms with Crippen molar-refractivity contribution in [1.29, 1.82) is 0 Å². The van der Waals surface area contributed by atoms with Crippen LogP contribution in [0.3, 0.4) is 0 Å². The molecule has 98 valence electrons. The number of benzene rings is 1. The zero-order valence-electron chi connectivity index (χ0n) is 10.9. The van der Waals surface area contributed by atoms with Gasteiger partial charge in [0.1, 0.15) is 5.82 Å². The SMILES string of the molecule is Cc1ccnc(N(C)c2ccc(C(N)=NO)cc2)c1. The number of nitrogens with zero attached hydrogens (tertiary/aromatic N) is 3. The number of amidine groups is 1. The van der Waals surface area contributed by atoms with Crippen molar-refractivity contribution in [1.82, 2.24) is 4.98 Å². The summed E-state index contributed by atoms with van der Waals surface area (Å²) in [7, 11) is 1.94. The standard InChI is InChI=1S/C14H16N4O/c1-10-7-8-16-13(9-10)18(2)12-5-3-11(4-6-12)14(15)17-19/h3-9,19H,1-2H3,(H2,15,17). The summed E-state index contributed by atoms with van der Waals surface area (Å²) in [5.74, 6) is 0.972. The van der Waals surface area contributed by atoms with Gasteiger partial charge in [0.15, 0.2) is 5.84 Å². The van der Waals surface area contributed by atoms with Gasteiger partial charge in [0, 0.05) is 24.5 Å². The molecule has 1 heterocycles. The first-order chi connectivity index (χ1) is 9.11. The van der Waals surface area contributed by atoms with Gasteiger partial charge >= 0.3 is 0 Å². The molecule has 0 bridgehead atoms. The third-order valence-corrected chi connectivity index (χ3v) is 2.90. The van der Waals surface area contributed by atoms with Crippen LogP contribution in [-0.4, -0.2) is 23.1 Å². The monoisotopic (exact) mass is 256 g/mol. The Kier molecular flexibility index (Phi) is 3.66. The lowest BCUT2D eigenvalue weighted by Gasteiger charge is -2.18. The molecule has 2 rings (SSSR count). The smallest absolute Gasteiger partial charge is 0.170 e. The van der Waals surface area contributed by atoms with Gasteiger partial charge in [0.25, 0.3) is 0 Å². The van der Waals surface area contributed by atoms with Crippen molar-refractivity contribution in [2.45, 2.75) is 6.92 Å². The van der Waals surface area contributed by atoms with Crippen molar-refractivity contribution in [3.63, 3.8) is 0 Å². The van der Waals surface area contributed by atoms with Gasteiger partial charge in [0.2, 0.25) is 0 Å². The highest BCUT2D eigenvalue weighted by Crippen LogP contribution is 2.22. The molecule has 0 amide bonds. The average molecular weight is 256 g/mol. The molecule has 1 aromatic heterocycles. The molecule has 3 N–H and O–H groups in total. The van der Waals surface area contributed by atoms with E-state index in [2.05, 4.69) is 10.1 Å². The van der Waals surface area contributed by atoms with Crippen molar-refractivity contribution in [2.24, 2.45) is 10.9 Å². The predicted octanol–water partition coefficient (Wildman–Crippen LogP) is 2.25. The molecule has 0 saturated carbocycles. The van der Waals surface area contributed by atoms with Gasteiger partial charge in [-0.05, 0) is 48.9 Å². The second kappa shape index (κ2) is 5.39. The molecule has 0 atom stereocenters. The molecular formula is C14H16N4O. The van der Waals surface area contributed by atoms with E-state index in [1.165, 1.54) is 0 Å². The fourth-order valence-corrected chi connectivity index (χ4v) is 1.75. The molecule has 0 spiro atoms. The van der Waals surface area contributed by atoms with E-state index in [1.807, 2.05) is 43.1 Å². The Morgan fingerprint density at radius 2 is 1.95 bits per heavy atom. The minimum absolute atomic E-state index is 0.0999. The van der Waals surface area contributed by atoms with E-state index in [0.29, 0.717) is 5.56 Å². The Hall–Kier alpha value is -2.56. The van der Waals surface area contributed by atoms with Crippen LogP contribution >= 0.6 is 0 Å². The first kappa shape index (κ1) is 12.9. The summed E-state index contributed by atoms with van der Waals surface area (Å²) < 4.78 is 0. The third-order valence-electron chi connectivity index (χ3n) is 2.90. The zero-order chi connectivity index (χ0) is 13.8. The Morgan fingerprint density at radius 1 is 1.26 bits per heavy atom. The number of anilines is 2. The molecule has 0 aliphatic carbocycles. The maximum Gasteiger partial charge on any atom is 0.170 e. The Morgan fingerprint density at radius 3 is 2.53 bits per heavy atom. The molecule has 0 aliphatic heterocycles. The fourth-order valence-electron chi connectivity index (χ4n) is 1.75. The number of aromatic nitrogens is 1. The largest absolute Gasteiger partial charge is 0.409 e. The average Bonchev–Trinajstić information content (AvgIpc) is 2.46. The summed E-state index contributed by atoms with van der Waals surface area (Å²) in [5, 5.41) is 11.6. The normalized spacial score (nSPS) is 11.4. The molecule has 0 saturated heterocycles. The Labute approximate surface area is 112 Å². The van der Waals surface area contributed by atoms with Crippen molar-refractivity contribution in [3.8, 4) is 0 Å². The molecule has 0 unspecified atom stereocenters. The number of rotatable bonds is 3. The first-order valence-electron chi connectivity index (χ1n) is 5.86. The molecule has 0 radical (unpaired) electrons. The van der Waals surface area contributed by atoms with Crippen molar-refractivity contribution < 1.29 is 5.21 Å². The number of oxime groups is 1. The summed E-state index contributed by atoms with van der Waals surface area (Å²) in [6.07, 6.45) is 1.78. The van der Waals surface area contributed by atoms with Crippen LogP contribution in [-0.2, 0) is 0 Å². The molecule has 19 heavy (non-hydrogen) atoms. The summed E-state index contributed by atoms with van der Waals surface area (Å²) >= 11 is 0. The lowest BCUT2D eigenvalue weighted by molar-refractivity contribution is 0.318. The summed E-state index contributed by atoms with van der Waals surface area (Å²) in [4.78, 5) is 6.30. The number of pyridine rings is 1. The van der Waals surface area contributed by atoms with Gasteiger partial charge in [0.05, 0.1) is 0 Å². The highest BCUT2D eigenvalue weighted by Gasteiger charge is 2.06. The fraction of sp³-hybridized carbons (Fsp3) is 0.143. The molecular weight excluding hydrogens is 240 g/mol. The van der Waals surface area contributed by atoms with Gasteiger partial charge < -0.3 is 15.8 Å². The van der Waals surface area contributed by atoms with E-state index in [-0.39, 0.29) is 5.84 Å². The van der Waals surface area contributed by atoms with E-state index >= 15 is 0 Å². The lowest BCUT2D eigenvalue weighted by Crippen LogP contribution is -2.14. The van der Waals surface area contributed by atoms with Gasteiger partial charge in [-0.15, -0.1) is 0 Å². The topological polar surface area (TPSA) is 74.7 Å². The molecule has 0 fully saturated rings. The van der Waals surface area contributed by atoms with Gasteiger partial charge in [-0.3, -0.25) is 0 Å². The number of hydrogen-bond donors (Lipinski definition) is 2. The van der Waals surface area contributed by atoms with E-state index < -0.39 is 0 Å². The predicted molar refractivity (Wildman–Crippen MR) is 76.0 cm³/mol. The van der Waals surface area contributed by atoms with Crippen LogP contribution in [0.15, 0.2) is 47.8 Å². The minimum atomic E-state index is 0.0999. The maximum atomic E-state index is 8.62. The van der Waals surface area contributed by atoms with Crippen LogP contribution < -0.4 is 10.6 Å². The minimum Gasteiger partial charge on any atom is -0.409 e. The quantitative estimate of drug-likeness (QED) is 0.382. The van der Waals surface area contributed by atoms with Crippen LogP contribution in [0, 0.1) is 6.92 Å². The number of nitrogens with two attached hydrogens (primary N) is 1. The molecule has 1 aromatic carbocycles. The summed E-state index contributed by atoms with van der Waals surface area (Å²) in [6.45, 7) is 2.03. The van der Waals surface area contributed by atoms with Crippen molar-refractivity contribution in [2.75, 3.05) is 11.9 Å². The summed E-state index contributed by atoms with van der Waals surface area (Å²) in [5.41, 5.74) is 8.34. The van der Waals surface area contributed by atoms with E-state index in [4.69, 9.17) is 10.9 Å². The Bertz CT molecular complexity index is 593. The van der Waals surface area contributed by atoms with E-state index in [0.717, 1.165) is 17.1 Å². The third kappa shape index (κ3) is 2.82. The number of aryl methyl sites for hydroxylation is 1. The van der Waals surface area contributed by atoms with Crippen LogP contribution in [0.1, 0.15) is 11.1 Å². The van der Waals surface area contributed by atoms with Crippen LogP contribution in [0.25, 0.3) is 0 Å². The van der Waals surface area contributed by atoms with Gasteiger partial charge in [-0.25, -0.2) is 4.98 Å². The van der Waals surface area contributed by atoms with Crippen LogP contribution in [0.2, 0.25) is 0 Å². The zero-order valence-corrected chi connectivity index (χ0v) is 10.9. The molecule has 0 aliphatic rings.